The summed E-state index contributed by atoms with van der Waals surface area (Å²) in [6.07, 6.45) is 1.69. The molecular formula is C9H4BrClN4. The van der Waals surface area contributed by atoms with Crippen LogP contribution in [0.1, 0.15) is 0 Å². The molecule has 0 aliphatic heterocycles. The Hall–Kier alpha value is -1.20. The van der Waals surface area contributed by atoms with Gasteiger partial charge in [0, 0.05) is 5.02 Å². The van der Waals surface area contributed by atoms with Crippen LogP contribution in [0.2, 0.25) is 5.02 Å². The zero-order valence-corrected chi connectivity index (χ0v) is 9.70. The first-order valence-corrected chi connectivity index (χ1v) is 5.38. The molecule has 0 atom stereocenters. The summed E-state index contributed by atoms with van der Waals surface area (Å²) in [5.41, 5.74) is 2.31. The second-order valence-corrected chi connectivity index (χ2v) is 4.35. The molecule has 0 unspecified atom stereocenters. The van der Waals surface area contributed by atoms with E-state index in [1.165, 1.54) is 0 Å². The molecule has 0 aliphatic rings. The van der Waals surface area contributed by atoms with Crippen molar-refractivity contribution in [3.8, 4) is 0 Å². The average Bonchev–Trinajstić information content (AvgIpc) is 2.60. The van der Waals surface area contributed by atoms with Crippen molar-refractivity contribution in [2.75, 3.05) is 0 Å². The van der Waals surface area contributed by atoms with Crippen molar-refractivity contribution in [1.82, 2.24) is 19.8 Å². The zero-order valence-electron chi connectivity index (χ0n) is 7.35. The topological polar surface area (TPSA) is 43.1 Å². The Morgan fingerprint density at radius 1 is 1.27 bits per heavy atom. The molecule has 2 heterocycles. The molecule has 2 aromatic heterocycles. The first-order chi connectivity index (χ1) is 7.25. The number of hydrogen-bond acceptors (Lipinski definition) is 3. The molecule has 1 aromatic carbocycles. The Bertz CT molecular complexity index is 664. The van der Waals surface area contributed by atoms with Gasteiger partial charge in [-0.05, 0) is 34.1 Å². The molecule has 0 N–H and O–H groups in total. The Morgan fingerprint density at radius 3 is 3.00 bits per heavy atom. The lowest BCUT2D eigenvalue weighted by molar-refractivity contribution is 0.943. The van der Waals surface area contributed by atoms with Gasteiger partial charge in [-0.3, -0.25) is 0 Å². The molecule has 0 amide bonds. The summed E-state index contributed by atoms with van der Waals surface area (Å²) in [6, 6.07) is 5.44. The lowest BCUT2D eigenvalue weighted by Crippen LogP contribution is -1.95. The van der Waals surface area contributed by atoms with Crippen LogP contribution in [0.15, 0.2) is 28.9 Å². The van der Waals surface area contributed by atoms with Gasteiger partial charge in [0.2, 0.25) is 0 Å². The minimum absolute atomic E-state index is 0.641. The van der Waals surface area contributed by atoms with Crippen LogP contribution in [-0.4, -0.2) is 19.8 Å². The van der Waals surface area contributed by atoms with Gasteiger partial charge in [-0.1, -0.05) is 11.6 Å². The maximum atomic E-state index is 5.87. The smallest absolute Gasteiger partial charge is 0.192 e. The Morgan fingerprint density at radius 2 is 2.13 bits per heavy atom. The highest BCUT2D eigenvalue weighted by atomic mass is 79.9. The molecule has 15 heavy (non-hydrogen) atoms. The Kier molecular flexibility index (Phi) is 1.90. The van der Waals surface area contributed by atoms with Gasteiger partial charge < -0.3 is 0 Å². The monoisotopic (exact) mass is 282 g/mol. The van der Waals surface area contributed by atoms with Crippen molar-refractivity contribution in [2.24, 2.45) is 0 Å². The van der Waals surface area contributed by atoms with E-state index in [1.54, 1.807) is 22.8 Å². The lowest BCUT2D eigenvalue weighted by Gasteiger charge is -1.99. The molecule has 4 nitrogen and oxygen atoms in total. The summed E-state index contributed by atoms with van der Waals surface area (Å²) < 4.78 is 2.55. The number of benzene rings is 1. The van der Waals surface area contributed by atoms with E-state index in [1.807, 2.05) is 6.07 Å². The first-order valence-electron chi connectivity index (χ1n) is 4.21. The van der Waals surface area contributed by atoms with Crippen LogP contribution in [0.5, 0.6) is 0 Å². The van der Waals surface area contributed by atoms with Crippen molar-refractivity contribution in [2.45, 2.75) is 0 Å². The van der Waals surface area contributed by atoms with Crippen LogP contribution in [-0.2, 0) is 0 Å². The number of hydrogen-bond donors (Lipinski definition) is 0. The summed E-state index contributed by atoms with van der Waals surface area (Å²) in [7, 11) is 0. The van der Waals surface area contributed by atoms with Gasteiger partial charge in [0.05, 0.1) is 16.2 Å². The van der Waals surface area contributed by atoms with Gasteiger partial charge in [-0.2, -0.15) is 5.10 Å². The zero-order chi connectivity index (χ0) is 10.4. The molecule has 74 valence electrons. The minimum Gasteiger partial charge on any atom is -0.210 e. The molecule has 0 bridgehead atoms. The molecule has 3 rings (SSSR count). The molecule has 0 fully saturated rings. The summed E-state index contributed by atoms with van der Waals surface area (Å²) in [5.74, 6) is 0. The van der Waals surface area contributed by atoms with E-state index < -0.39 is 0 Å². The molecule has 0 spiro atoms. The number of fused-ring (bicyclic) bond motifs is 3. The van der Waals surface area contributed by atoms with Crippen LogP contribution in [0.4, 0.5) is 0 Å². The molecule has 6 heteroatoms. The molecular weight excluding hydrogens is 279 g/mol. The molecule has 0 saturated heterocycles. The highest BCUT2D eigenvalue weighted by Crippen LogP contribution is 2.21. The van der Waals surface area contributed by atoms with Crippen LogP contribution >= 0.6 is 27.5 Å². The molecule has 0 aliphatic carbocycles. The van der Waals surface area contributed by atoms with Crippen molar-refractivity contribution in [1.29, 1.82) is 0 Å². The molecule has 0 radical (unpaired) electrons. The van der Waals surface area contributed by atoms with E-state index >= 15 is 0 Å². The van der Waals surface area contributed by atoms with Gasteiger partial charge in [-0.15, -0.1) is 10.2 Å². The van der Waals surface area contributed by atoms with Crippen LogP contribution in [0.25, 0.3) is 16.7 Å². The fourth-order valence-electron chi connectivity index (χ4n) is 1.45. The highest BCUT2D eigenvalue weighted by Gasteiger charge is 2.07. The van der Waals surface area contributed by atoms with E-state index in [-0.39, 0.29) is 0 Å². The largest absolute Gasteiger partial charge is 0.210 e. The Labute approximate surface area is 98.0 Å². The van der Waals surface area contributed by atoms with E-state index in [4.69, 9.17) is 11.6 Å². The third kappa shape index (κ3) is 1.31. The maximum Gasteiger partial charge on any atom is 0.192 e. The third-order valence-corrected chi connectivity index (χ3v) is 2.91. The van der Waals surface area contributed by atoms with Gasteiger partial charge in [0.25, 0.3) is 0 Å². The molecule has 3 aromatic rings. The van der Waals surface area contributed by atoms with E-state index in [0.29, 0.717) is 10.7 Å². The molecule has 0 saturated carbocycles. The lowest BCUT2D eigenvalue weighted by atomic mass is 10.3. The van der Waals surface area contributed by atoms with Crippen molar-refractivity contribution < 1.29 is 0 Å². The van der Waals surface area contributed by atoms with E-state index in [2.05, 4.69) is 31.2 Å². The predicted octanol–water partition coefficient (Wildman–Crippen LogP) is 2.69. The third-order valence-electron chi connectivity index (χ3n) is 2.12. The van der Waals surface area contributed by atoms with E-state index in [9.17, 15) is 0 Å². The van der Waals surface area contributed by atoms with Gasteiger partial charge in [0.1, 0.15) is 5.52 Å². The van der Waals surface area contributed by atoms with E-state index in [0.717, 1.165) is 15.5 Å². The van der Waals surface area contributed by atoms with Crippen molar-refractivity contribution >= 4 is 44.2 Å². The van der Waals surface area contributed by atoms with Crippen molar-refractivity contribution in [3.63, 3.8) is 0 Å². The van der Waals surface area contributed by atoms with Crippen LogP contribution in [0.3, 0.4) is 0 Å². The van der Waals surface area contributed by atoms with Gasteiger partial charge in [0.15, 0.2) is 5.65 Å². The maximum absolute atomic E-state index is 5.87. The summed E-state index contributed by atoms with van der Waals surface area (Å²) in [6.45, 7) is 0. The quantitative estimate of drug-likeness (QED) is 0.637. The normalized spacial score (nSPS) is 11.3. The Balaban J connectivity index is 2.55. The standard InChI is InChI=1S/C9H4BrClN4/c10-6-4-12-15-8-2-1-5(11)3-7(8)13-14-9(6)15/h1-4H. The summed E-state index contributed by atoms with van der Waals surface area (Å²) in [4.78, 5) is 0. The first kappa shape index (κ1) is 9.06. The number of rotatable bonds is 0. The van der Waals surface area contributed by atoms with Gasteiger partial charge >= 0.3 is 0 Å². The minimum atomic E-state index is 0.641. The second-order valence-electron chi connectivity index (χ2n) is 3.06. The number of halogens is 2. The second kappa shape index (κ2) is 3.15. The SMILES string of the molecule is Clc1ccc2c(c1)nnc1c(Br)cnn12. The number of nitrogens with zero attached hydrogens (tertiary/aromatic N) is 4. The van der Waals surface area contributed by atoms with Crippen LogP contribution in [0, 0.1) is 0 Å². The summed E-state index contributed by atoms with van der Waals surface area (Å²) >= 11 is 9.22. The number of aromatic nitrogens is 4. The summed E-state index contributed by atoms with van der Waals surface area (Å²) in [5, 5.41) is 13.0. The van der Waals surface area contributed by atoms with Crippen molar-refractivity contribution in [3.05, 3.63) is 33.9 Å². The fourth-order valence-corrected chi connectivity index (χ4v) is 1.95. The predicted molar refractivity (Wildman–Crippen MR) is 61.0 cm³/mol. The fraction of sp³-hybridized carbons (Fsp3) is 0. The van der Waals surface area contributed by atoms with Gasteiger partial charge in [-0.25, -0.2) is 4.52 Å². The average molecular weight is 284 g/mol. The van der Waals surface area contributed by atoms with Crippen LogP contribution < -0.4 is 0 Å². The highest BCUT2D eigenvalue weighted by molar-refractivity contribution is 9.10.